The standard InChI is InChI=1S/C18H28N2O2/c1-4-19(14-18(2,3)22)17(21)15-8-10-16(11-9-15)20-12-6-5-7-13-20/h8-11,22H,4-7,12-14H2,1-3H3. The summed E-state index contributed by atoms with van der Waals surface area (Å²) in [5, 5.41) is 9.93. The monoisotopic (exact) mass is 304 g/mol. The molecule has 0 saturated carbocycles. The largest absolute Gasteiger partial charge is 0.389 e. The first-order valence-corrected chi connectivity index (χ1v) is 8.27. The summed E-state index contributed by atoms with van der Waals surface area (Å²) in [5.41, 5.74) is 1.01. The van der Waals surface area contributed by atoms with Crippen molar-refractivity contribution in [3.8, 4) is 0 Å². The van der Waals surface area contributed by atoms with Gasteiger partial charge < -0.3 is 14.9 Å². The number of aliphatic hydroxyl groups is 1. The number of carbonyl (C=O) groups is 1. The topological polar surface area (TPSA) is 43.8 Å². The Morgan fingerprint density at radius 3 is 2.27 bits per heavy atom. The maximum atomic E-state index is 12.5. The van der Waals surface area contributed by atoms with E-state index in [9.17, 15) is 9.90 Å². The van der Waals surface area contributed by atoms with E-state index < -0.39 is 5.60 Å². The van der Waals surface area contributed by atoms with Gasteiger partial charge in [-0.15, -0.1) is 0 Å². The zero-order valence-electron chi connectivity index (χ0n) is 14.0. The van der Waals surface area contributed by atoms with E-state index in [0.29, 0.717) is 18.7 Å². The van der Waals surface area contributed by atoms with Gasteiger partial charge in [-0.25, -0.2) is 0 Å². The quantitative estimate of drug-likeness (QED) is 0.909. The van der Waals surface area contributed by atoms with Gasteiger partial charge in [-0.2, -0.15) is 0 Å². The predicted octanol–water partition coefficient (Wildman–Crippen LogP) is 2.91. The zero-order valence-corrected chi connectivity index (χ0v) is 14.0. The molecule has 1 amide bonds. The van der Waals surface area contributed by atoms with E-state index in [0.717, 1.165) is 13.1 Å². The van der Waals surface area contributed by atoms with Crippen molar-refractivity contribution in [3.63, 3.8) is 0 Å². The number of rotatable bonds is 5. The molecular weight excluding hydrogens is 276 g/mol. The van der Waals surface area contributed by atoms with Crippen molar-refractivity contribution < 1.29 is 9.90 Å². The molecule has 1 N–H and O–H groups in total. The second-order valence-electron chi connectivity index (χ2n) is 6.73. The van der Waals surface area contributed by atoms with Gasteiger partial charge in [0.15, 0.2) is 0 Å². The van der Waals surface area contributed by atoms with E-state index in [1.807, 2.05) is 31.2 Å². The molecule has 4 heteroatoms. The van der Waals surface area contributed by atoms with E-state index in [1.54, 1.807) is 18.7 Å². The Labute approximate surface area is 133 Å². The Balaban J connectivity index is 2.06. The van der Waals surface area contributed by atoms with Crippen LogP contribution in [0.1, 0.15) is 50.4 Å². The van der Waals surface area contributed by atoms with Crippen LogP contribution in [0.15, 0.2) is 24.3 Å². The molecular formula is C18H28N2O2. The number of hydrogen-bond acceptors (Lipinski definition) is 3. The van der Waals surface area contributed by atoms with Gasteiger partial charge in [-0.05, 0) is 64.3 Å². The molecule has 22 heavy (non-hydrogen) atoms. The van der Waals surface area contributed by atoms with Gasteiger partial charge in [-0.3, -0.25) is 4.79 Å². The van der Waals surface area contributed by atoms with Crippen LogP contribution in [0.5, 0.6) is 0 Å². The molecule has 2 rings (SSSR count). The molecule has 1 fully saturated rings. The highest BCUT2D eigenvalue weighted by Crippen LogP contribution is 2.21. The van der Waals surface area contributed by atoms with Gasteiger partial charge in [0.2, 0.25) is 0 Å². The summed E-state index contributed by atoms with van der Waals surface area (Å²) >= 11 is 0. The van der Waals surface area contributed by atoms with Gasteiger partial charge >= 0.3 is 0 Å². The second kappa shape index (κ2) is 7.14. The third-order valence-corrected chi connectivity index (χ3v) is 4.08. The summed E-state index contributed by atoms with van der Waals surface area (Å²) in [5.74, 6) is -0.0187. The molecule has 122 valence electrons. The van der Waals surface area contributed by atoms with E-state index in [-0.39, 0.29) is 5.91 Å². The van der Waals surface area contributed by atoms with Gasteiger partial charge in [0.05, 0.1) is 5.60 Å². The minimum absolute atomic E-state index is 0.0187. The number of benzene rings is 1. The number of hydrogen-bond donors (Lipinski definition) is 1. The Bertz CT molecular complexity index is 485. The lowest BCUT2D eigenvalue weighted by Crippen LogP contribution is -2.42. The highest BCUT2D eigenvalue weighted by Gasteiger charge is 2.22. The summed E-state index contributed by atoms with van der Waals surface area (Å²) in [7, 11) is 0. The molecule has 0 aliphatic carbocycles. The summed E-state index contributed by atoms with van der Waals surface area (Å²) in [6.07, 6.45) is 3.81. The Morgan fingerprint density at radius 2 is 1.77 bits per heavy atom. The van der Waals surface area contributed by atoms with Crippen LogP contribution >= 0.6 is 0 Å². The maximum absolute atomic E-state index is 12.5. The number of likely N-dealkylation sites (N-methyl/N-ethyl adjacent to an activating group) is 1. The van der Waals surface area contributed by atoms with E-state index >= 15 is 0 Å². The lowest BCUT2D eigenvalue weighted by atomic mass is 10.1. The van der Waals surface area contributed by atoms with Gasteiger partial charge in [0, 0.05) is 37.4 Å². The molecule has 1 saturated heterocycles. The van der Waals surface area contributed by atoms with Crippen LogP contribution < -0.4 is 4.90 Å². The fourth-order valence-corrected chi connectivity index (χ4v) is 2.94. The van der Waals surface area contributed by atoms with Crippen molar-refractivity contribution in [2.24, 2.45) is 0 Å². The number of piperidine rings is 1. The van der Waals surface area contributed by atoms with E-state index in [1.165, 1.54) is 24.9 Å². The first-order valence-electron chi connectivity index (χ1n) is 8.27. The zero-order chi connectivity index (χ0) is 16.2. The maximum Gasteiger partial charge on any atom is 0.253 e. The highest BCUT2D eigenvalue weighted by atomic mass is 16.3. The highest BCUT2D eigenvalue weighted by molar-refractivity contribution is 5.94. The molecule has 0 radical (unpaired) electrons. The smallest absolute Gasteiger partial charge is 0.253 e. The van der Waals surface area contributed by atoms with Crippen molar-refractivity contribution in [2.75, 3.05) is 31.1 Å². The lowest BCUT2D eigenvalue weighted by Gasteiger charge is -2.30. The summed E-state index contributed by atoms with van der Waals surface area (Å²) in [4.78, 5) is 16.6. The van der Waals surface area contributed by atoms with Crippen LogP contribution in [-0.4, -0.2) is 47.7 Å². The molecule has 1 aliphatic heterocycles. The Kier molecular flexibility index (Phi) is 5.46. The Morgan fingerprint density at radius 1 is 1.18 bits per heavy atom. The number of nitrogens with zero attached hydrogens (tertiary/aromatic N) is 2. The fourth-order valence-electron chi connectivity index (χ4n) is 2.94. The van der Waals surface area contributed by atoms with Crippen LogP contribution in [0.25, 0.3) is 0 Å². The minimum atomic E-state index is -0.876. The molecule has 1 aliphatic rings. The molecule has 1 heterocycles. The lowest BCUT2D eigenvalue weighted by molar-refractivity contribution is 0.0314. The first-order chi connectivity index (χ1) is 10.4. The van der Waals surface area contributed by atoms with Crippen molar-refractivity contribution in [1.82, 2.24) is 4.90 Å². The van der Waals surface area contributed by atoms with Crippen LogP contribution in [0.2, 0.25) is 0 Å². The molecule has 0 spiro atoms. The summed E-state index contributed by atoms with van der Waals surface area (Å²) < 4.78 is 0. The number of carbonyl (C=O) groups excluding carboxylic acids is 1. The van der Waals surface area contributed by atoms with Crippen molar-refractivity contribution in [3.05, 3.63) is 29.8 Å². The van der Waals surface area contributed by atoms with Crippen molar-refractivity contribution in [2.45, 2.75) is 45.6 Å². The van der Waals surface area contributed by atoms with Crippen LogP contribution in [0.3, 0.4) is 0 Å². The average Bonchev–Trinajstić information content (AvgIpc) is 2.52. The van der Waals surface area contributed by atoms with E-state index in [2.05, 4.69) is 4.90 Å². The van der Waals surface area contributed by atoms with E-state index in [4.69, 9.17) is 0 Å². The van der Waals surface area contributed by atoms with Crippen LogP contribution in [0, 0.1) is 0 Å². The van der Waals surface area contributed by atoms with Crippen molar-refractivity contribution in [1.29, 1.82) is 0 Å². The third-order valence-electron chi connectivity index (χ3n) is 4.08. The fraction of sp³-hybridized carbons (Fsp3) is 0.611. The van der Waals surface area contributed by atoms with Crippen LogP contribution in [-0.2, 0) is 0 Å². The van der Waals surface area contributed by atoms with Gasteiger partial charge in [0.25, 0.3) is 5.91 Å². The molecule has 1 aromatic rings. The molecule has 0 bridgehead atoms. The van der Waals surface area contributed by atoms with Crippen molar-refractivity contribution >= 4 is 11.6 Å². The SMILES string of the molecule is CCN(CC(C)(C)O)C(=O)c1ccc(N2CCCCC2)cc1. The first kappa shape index (κ1) is 16.8. The average molecular weight is 304 g/mol. The second-order valence-corrected chi connectivity index (χ2v) is 6.73. The predicted molar refractivity (Wildman–Crippen MR) is 90.4 cm³/mol. The molecule has 0 unspecified atom stereocenters. The van der Waals surface area contributed by atoms with Crippen LogP contribution in [0.4, 0.5) is 5.69 Å². The molecule has 0 aromatic heterocycles. The Hall–Kier alpha value is -1.55. The third kappa shape index (κ3) is 4.47. The number of amides is 1. The molecule has 1 aromatic carbocycles. The summed E-state index contributed by atoms with van der Waals surface area (Å²) in [6.45, 7) is 8.53. The minimum Gasteiger partial charge on any atom is -0.389 e. The van der Waals surface area contributed by atoms with Gasteiger partial charge in [0.1, 0.15) is 0 Å². The number of anilines is 1. The normalized spacial score (nSPS) is 15.7. The summed E-state index contributed by atoms with van der Waals surface area (Å²) in [6, 6.07) is 7.88. The molecule has 4 nitrogen and oxygen atoms in total. The van der Waals surface area contributed by atoms with Gasteiger partial charge in [-0.1, -0.05) is 0 Å². The molecule has 0 atom stereocenters.